The molecule has 0 bridgehead atoms. The number of para-hydroxylation sites is 1. The molecule has 5 heteroatoms. The lowest BCUT2D eigenvalue weighted by Crippen LogP contribution is -2.14. The molecule has 0 aliphatic rings. The summed E-state index contributed by atoms with van der Waals surface area (Å²) < 4.78 is 0. The topological polar surface area (TPSA) is 50.7 Å². The molecule has 1 N–H and O–H groups in total. The minimum absolute atomic E-state index is 0.956. The summed E-state index contributed by atoms with van der Waals surface area (Å²) in [5.74, 6) is 0. The third kappa shape index (κ3) is 3.25. The molecule has 4 nitrogen and oxygen atoms in total. The molecule has 0 fully saturated rings. The number of nitrogens with one attached hydrogen (secondary N) is 1. The van der Waals surface area contributed by atoms with Crippen LogP contribution in [0.5, 0.6) is 0 Å². The van der Waals surface area contributed by atoms with Crippen LogP contribution in [0, 0.1) is 0 Å². The summed E-state index contributed by atoms with van der Waals surface area (Å²) in [6, 6.07) is 10.2. The fourth-order valence-electron chi connectivity index (χ4n) is 2.28. The zero-order valence-corrected chi connectivity index (χ0v) is 12.9. The van der Waals surface area contributed by atoms with Gasteiger partial charge in [0.05, 0.1) is 5.52 Å². The molecule has 0 aliphatic carbocycles. The predicted molar refractivity (Wildman–Crippen MR) is 87.5 cm³/mol. The number of hydrogen-bond donors (Lipinski definition) is 1. The second-order valence-corrected chi connectivity index (χ2v) is 5.90. The Balaban J connectivity index is 1.81. The number of hydrogen-bond acceptors (Lipinski definition) is 5. The third-order valence-electron chi connectivity index (χ3n) is 3.32. The van der Waals surface area contributed by atoms with Gasteiger partial charge in [0.25, 0.3) is 0 Å². The Morgan fingerprint density at radius 3 is 2.95 bits per heavy atom. The van der Waals surface area contributed by atoms with Gasteiger partial charge in [0.1, 0.15) is 10.0 Å². The van der Waals surface area contributed by atoms with Crippen LogP contribution >= 0.6 is 11.3 Å². The molecule has 1 aromatic carbocycles. The molecular formula is C16H18N4S. The van der Waals surface area contributed by atoms with E-state index in [1.165, 1.54) is 0 Å². The van der Waals surface area contributed by atoms with Gasteiger partial charge in [-0.05, 0) is 31.6 Å². The average molecular weight is 298 g/mol. The second kappa shape index (κ2) is 6.74. The van der Waals surface area contributed by atoms with Gasteiger partial charge in [-0.15, -0.1) is 10.2 Å². The summed E-state index contributed by atoms with van der Waals surface area (Å²) in [7, 11) is 0. The van der Waals surface area contributed by atoms with Gasteiger partial charge in [-0.1, -0.05) is 36.5 Å². The highest BCUT2D eigenvalue weighted by Crippen LogP contribution is 2.29. The number of aryl methyl sites for hydroxylation is 1. The third-order valence-corrected chi connectivity index (χ3v) is 4.34. The lowest BCUT2D eigenvalue weighted by atomic mass is 10.1. The average Bonchev–Trinajstić information content (AvgIpc) is 3.00. The Kier molecular flexibility index (Phi) is 4.52. The van der Waals surface area contributed by atoms with E-state index in [4.69, 9.17) is 0 Å². The van der Waals surface area contributed by atoms with Gasteiger partial charge in [0, 0.05) is 23.6 Å². The van der Waals surface area contributed by atoms with Crippen molar-refractivity contribution in [3.8, 4) is 10.6 Å². The lowest BCUT2D eigenvalue weighted by molar-refractivity contribution is 0.669. The highest BCUT2D eigenvalue weighted by Gasteiger charge is 2.10. The Bertz CT molecular complexity index is 718. The van der Waals surface area contributed by atoms with E-state index >= 15 is 0 Å². The van der Waals surface area contributed by atoms with E-state index in [1.807, 2.05) is 18.3 Å². The Morgan fingerprint density at radius 1 is 1.14 bits per heavy atom. The molecule has 3 aromatic rings. The smallest absolute Gasteiger partial charge is 0.150 e. The standard InChI is InChI=1S/C16H18N4S/c1-2-17-10-5-9-14-19-20-16(21-14)13-8-3-6-12-7-4-11-18-15(12)13/h3-4,6-8,11,17H,2,5,9-10H2,1H3. The Labute approximate surface area is 128 Å². The molecule has 21 heavy (non-hydrogen) atoms. The van der Waals surface area contributed by atoms with Crippen LogP contribution < -0.4 is 5.32 Å². The molecular weight excluding hydrogens is 280 g/mol. The molecule has 0 unspecified atom stereocenters. The van der Waals surface area contributed by atoms with Crippen molar-refractivity contribution < 1.29 is 0 Å². The van der Waals surface area contributed by atoms with Crippen LogP contribution in [0.25, 0.3) is 21.5 Å². The minimum atomic E-state index is 0.956. The molecule has 0 atom stereocenters. The molecule has 0 saturated heterocycles. The van der Waals surface area contributed by atoms with Crippen LogP contribution in [0.1, 0.15) is 18.4 Å². The van der Waals surface area contributed by atoms with Crippen LogP contribution in [-0.4, -0.2) is 28.3 Å². The Morgan fingerprint density at radius 2 is 2.05 bits per heavy atom. The lowest BCUT2D eigenvalue weighted by Gasteiger charge is -2.01. The van der Waals surface area contributed by atoms with E-state index in [2.05, 4.69) is 45.6 Å². The maximum absolute atomic E-state index is 4.48. The highest BCUT2D eigenvalue weighted by atomic mass is 32.1. The van der Waals surface area contributed by atoms with Crippen LogP contribution in [0.3, 0.4) is 0 Å². The summed E-state index contributed by atoms with van der Waals surface area (Å²) in [5, 5.41) is 15.2. The fraction of sp³-hybridized carbons (Fsp3) is 0.312. The molecule has 108 valence electrons. The van der Waals surface area contributed by atoms with Gasteiger partial charge in [-0.3, -0.25) is 4.98 Å². The highest BCUT2D eigenvalue weighted by molar-refractivity contribution is 7.14. The number of rotatable bonds is 6. The van der Waals surface area contributed by atoms with E-state index in [1.54, 1.807) is 11.3 Å². The van der Waals surface area contributed by atoms with E-state index < -0.39 is 0 Å². The molecule has 0 aliphatic heterocycles. The predicted octanol–water partition coefficient (Wildman–Crippen LogP) is 3.30. The summed E-state index contributed by atoms with van der Waals surface area (Å²) in [5.41, 5.74) is 2.07. The molecule has 0 saturated carbocycles. The van der Waals surface area contributed by atoms with Crippen molar-refractivity contribution in [1.29, 1.82) is 0 Å². The van der Waals surface area contributed by atoms with E-state index in [0.717, 1.165) is 52.4 Å². The molecule has 0 amide bonds. The number of nitrogens with zero attached hydrogens (tertiary/aromatic N) is 3. The van der Waals surface area contributed by atoms with Crippen LogP contribution in [-0.2, 0) is 6.42 Å². The fourth-order valence-corrected chi connectivity index (χ4v) is 3.19. The van der Waals surface area contributed by atoms with Crippen molar-refractivity contribution in [2.45, 2.75) is 19.8 Å². The molecule has 2 heterocycles. The largest absolute Gasteiger partial charge is 0.317 e. The van der Waals surface area contributed by atoms with Crippen LogP contribution in [0.2, 0.25) is 0 Å². The van der Waals surface area contributed by atoms with Crippen molar-refractivity contribution in [2.24, 2.45) is 0 Å². The second-order valence-electron chi connectivity index (χ2n) is 4.84. The molecule has 0 spiro atoms. The normalized spacial score (nSPS) is 11.1. The molecule has 0 radical (unpaired) electrons. The summed E-state index contributed by atoms with van der Waals surface area (Å²) >= 11 is 1.67. The van der Waals surface area contributed by atoms with Crippen molar-refractivity contribution in [2.75, 3.05) is 13.1 Å². The first-order chi connectivity index (χ1) is 10.4. The first kappa shape index (κ1) is 14.1. The number of benzene rings is 1. The van der Waals surface area contributed by atoms with E-state index in [9.17, 15) is 0 Å². The summed E-state index contributed by atoms with van der Waals surface area (Å²) in [6.45, 7) is 4.17. The van der Waals surface area contributed by atoms with Gasteiger partial charge in [-0.2, -0.15) is 0 Å². The first-order valence-electron chi connectivity index (χ1n) is 7.25. The zero-order chi connectivity index (χ0) is 14.5. The van der Waals surface area contributed by atoms with E-state index in [-0.39, 0.29) is 0 Å². The van der Waals surface area contributed by atoms with Crippen molar-refractivity contribution in [3.63, 3.8) is 0 Å². The first-order valence-corrected chi connectivity index (χ1v) is 8.07. The number of pyridine rings is 1. The Hall–Kier alpha value is -1.85. The monoisotopic (exact) mass is 298 g/mol. The summed E-state index contributed by atoms with van der Waals surface area (Å²) in [4.78, 5) is 4.48. The van der Waals surface area contributed by atoms with Crippen molar-refractivity contribution in [3.05, 3.63) is 41.5 Å². The minimum Gasteiger partial charge on any atom is -0.317 e. The van der Waals surface area contributed by atoms with Gasteiger partial charge in [0.15, 0.2) is 0 Å². The van der Waals surface area contributed by atoms with Crippen LogP contribution in [0.15, 0.2) is 36.5 Å². The van der Waals surface area contributed by atoms with Gasteiger partial charge < -0.3 is 5.32 Å². The van der Waals surface area contributed by atoms with Crippen molar-refractivity contribution in [1.82, 2.24) is 20.5 Å². The molecule has 2 aromatic heterocycles. The number of aromatic nitrogens is 3. The van der Waals surface area contributed by atoms with Gasteiger partial charge in [0.2, 0.25) is 0 Å². The SMILES string of the molecule is CCNCCCc1nnc(-c2cccc3cccnc23)s1. The van der Waals surface area contributed by atoms with E-state index in [0.29, 0.717) is 0 Å². The zero-order valence-electron chi connectivity index (χ0n) is 12.0. The van der Waals surface area contributed by atoms with Crippen LogP contribution in [0.4, 0.5) is 0 Å². The maximum Gasteiger partial charge on any atom is 0.150 e. The summed E-state index contributed by atoms with van der Waals surface area (Å²) in [6.07, 6.45) is 3.89. The quantitative estimate of drug-likeness (QED) is 0.709. The molecule has 3 rings (SSSR count). The van der Waals surface area contributed by atoms with Gasteiger partial charge >= 0.3 is 0 Å². The number of fused-ring (bicyclic) bond motifs is 1. The van der Waals surface area contributed by atoms with Gasteiger partial charge in [-0.25, -0.2) is 0 Å². The maximum atomic E-state index is 4.48. The van der Waals surface area contributed by atoms with Crippen molar-refractivity contribution >= 4 is 22.2 Å².